The molecular weight excluding hydrogens is 230 g/mol. The summed E-state index contributed by atoms with van der Waals surface area (Å²) in [6, 6.07) is 7.54. The first-order valence-corrected chi connectivity index (χ1v) is 5.59. The van der Waals surface area contributed by atoms with Crippen molar-refractivity contribution in [2.45, 2.75) is 13.5 Å². The lowest BCUT2D eigenvalue weighted by Crippen LogP contribution is -1.98. The van der Waals surface area contributed by atoms with Gasteiger partial charge in [0.2, 0.25) is 11.8 Å². The van der Waals surface area contributed by atoms with Crippen molar-refractivity contribution in [1.82, 2.24) is 14.8 Å². The van der Waals surface area contributed by atoms with Crippen molar-refractivity contribution in [3.63, 3.8) is 0 Å². The van der Waals surface area contributed by atoms with E-state index >= 15 is 0 Å². The van der Waals surface area contributed by atoms with E-state index in [4.69, 9.17) is 4.42 Å². The van der Waals surface area contributed by atoms with Crippen molar-refractivity contribution in [3.8, 4) is 0 Å². The fraction of sp³-hybridized carbons (Fsp3) is 0.154. The summed E-state index contributed by atoms with van der Waals surface area (Å²) >= 11 is 0. The molecule has 0 fully saturated rings. The topological polar surface area (TPSA) is 60.9 Å². The van der Waals surface area contributed by atoms with Crippen molar-refractivity contribution in [2.24, 2.45) is 0 Å². The minimum atomic E-state index is 0.533. The van der Waals surface area contributed by atoms with Gasteiger partial charge in [0.1, 0.15) is 12.8 Å². The second kappa shape index (κ2) is 4.10. The highest BCUT2D eigenvalue weighted by Gasteiger charge is 2.06. The van der Waals surface area contributed by atoms with E-state index < -0.39 is 0 Å². The van der Waals surface area contributed by atoms with Crippen LogP contribution in [-0.4, -0.2) is 21.1 Å². The van der Waals surface area contributed by atoms with E-state index in [0.29, 0.717) is 23.9 Å². The van der Waals surface area contributed by atoms with E-state index in [1.54, 1.807) is 13.0 Å². The third-order valence-corrected chi connectivity index (χ3v) is 2.80. The molecule has 0 spiro atoms. The molecule has 18 heavy (non-hydrogen) atoms. The van der Waals surface area contributed by atoms with Gasteiger partial charge < -0.3 is 8.98 Å². The zero-order valence-corrected chi connectivity index (χ0v) is 9.83. The minimum Gasteiger partial charge on any atom is -0.424 e. The Kier molecular flexibility index (Phi) is 2.44. The molecule has 5 nitrogen and oxygen atoms in total. The molecule has 0 atom stereocenters. The summed E-state index contributed by atoms with van der Waals surface area (Å²) in [4.78, 5) is 10.7. The van der Waals surface area contributed by atoms with Crippen LogP contribution >= 0.6 is 0 Å². The maximum atomic E-state index is 10.7. The second-order valence-corrected chi connectivity index (χ2v) is 4.09. The minimum absolute atomic E-state index is 0.533. The van der Waals surface area contributed by atoms with Gasteiger partial charge in [-0.05, 0) is 24.3 Å². The Labute approximate surface area is 103 Å². The number of aromatic nitrogens is 3. The smallest absolute Gasteiger partial charge is 0.236 e. The predicted molar refractivity (Wildman–Crippen MR) is 65.5 cm³/mol. The first-order valence-electron chi connectivity index (χ1n) is 5.59. The number of hydrogen-bond acceptors (Lipinski definition) is 4. The molecule has 0 aliphatic rings. The Bertz CT molecular complexity index is 712. The lowest BCUT2D eigenvalue weighted by Gasteiger charge is -2.01. The molecule has 0 bridgehead atoms. The normalized spacial score (nSPS) is 10.9. The molecule has 2 aromatic heterocycles. The standard InChI is InChI=1S/C13H11N3O2/c1-9-14-15-13(18-9)7-16-5-4-11-6-10(8-17)2-3-12(11)16/h2-6,8H,7H2,1H3. The fourth-order valence-corrected chi connectivity index (χ4v) is 1.98. The van der Waals surface area contributed by atoms with Crippen molar-refractivity contribution in [1.29, 1.82) is 0 Å². The highest BCUT2D eigenvalue weighted by atomic mass is 16.4. The van der Waals surface area contributed by atoms with Gasteiger partial charge in [-0.1, -0.05) is 0 Å². The van der Waals surface area contributed by atoms with Gasteiger partial charge >= 0.3 is 0 Å². The van der Waals surface area contributed by atoms with Crippen LogP contribution < -0.4 is 0 Å². The Hall–Kier alpha value is -2.43. The largest absolute Gasteiger partial charge is 0.424 e. The van der Waals surface area contributed by atoms with Gasteiger partial charge in [-0.3, -0.25) is 4.79 Å². The lowest BCUT2D eigenvalue weighted by molar-refractivity contribution is 0.112. The summed E-state index contributed by atoms with van der Waals surface area (Å²) < 4.78 is 7.36. The number of benzene rings is 1. The number of carbonyl (C=O) groups is 1. The second-order valence-electron chi connectivity index (χ2n) is 4.09. The molecule has 0 amide bonds. The fourth-order valence-electron chi connectivity index (χ4n) is 1.98. The van der Waals surface area contributed by atoms with Gasteiger partial charge in [0.05, 0.1) is 0 Å². The molecule has 0 aliphatic heterocycles. The highest BCUT2D eigenvalue weighted by molar-refractivity contribution is 5.87. The summed E-state index contributed by atoms with van der Waals surface area (Å²) in [5, 5.41) is 8.79. The average Bonchev–Trinajstić information content (AvgIpc) is 2.96. The van der Waals surface area contributed by atoms with Gasteiger partial charge in [0.15, 0.2) is 0 Å². The Morgan fingerprint density at radius 2 is 2.22 bits per heavy atom. The Morgan fingerprint density at radius 3 is 2.94 bits per heavy atom. The quantitative estimate of drug-likeness (QED) is 0.659. The van der Waals surface area contributed by atoms with Crippen LogP contribution in [0.3, 0.4) is 0 Å². The molecule has 90 valence electrons. The molecule has 0 unspecified atom stereocenters. The zero-order chi connectivity index (χ0) is 12.5. The zero-order valence-electron chi connectivity index (χ0n) is 9.83. The Morgan fingerprint density at radius 1 is 1.33 bits per heavy atom. The molecule has 2 heterocycles. The van der Waals surface area contributed by atoms with Gasteiger partial charge in [0.25, 0.3) is 0 Å². The van der Waals surface area contributed by atoms with Crippen molar-refractivity contribution in [3.05, 3.63) is 47.8 Å². The third kappa shape index (κ3) is 1.79. The van der Waals surface area contributed by atoms with Crippen LogP contribution in [0.1, 0.15) is 22.1 Å². The maximum absolute atomic E-state index is 10.7. The van der Waals surface area contributed by atoms with Crippen LogP contribution in [0.2, 0.25) is 0 Å². The van der Waals surface area contributed by atoms with E-state index in [9.17, 15) is 4.79 Å². The van der Waals surface area contributed by atoms with Gasteiger partial charge in [0, 0.05) is 29.6 Å². The third-order valence-electron chi connectivity index (χ3n) is 2.80. The molecule has 5 heteroatoms. The van der Waals surface area contributed by atoms with E-state index in [1.807, 2.05) is 29.0 Å². The summed E-state index contributed by atoms with van der Waals surface area (Å²) in [6.07, 6.45) is 2.79. The van der Waals surface area contributed by atoms with Crippen LogP contribution in [0.25, 0.3) is 10.9 Å². The molecule has 3 rings (SSSR count). The predicted octanol–water partition coefficient (Wildman–Crippen LogP) is 2.19. The van der Waals surface area contributed by atoms with Crippen LogP contribution in [0.5, 0.6) is 0 Å². The molecular formula is C13H11N3O2. The maximum Gasteiger partial charge on any atom is 0.236 e. The number of aryl methyl sites for hydroxylation is 1. The van der Waals surface area contributed by atoms with Gasteiger partial charge in [-0.25, -0.2) is 0 Å². The summed E-state index contributed by atoms with van der Waals surface area (Å²) in [5.41, 5.74) is 1.71. The monoisotopic (exact) mass is 241 g/mol. The number of rotatable bonds is 3. The average molecular weight is 241 g/mol. The number of aldehydes is 1. The first-order chi connectivity index (χ1) is 8.76. The molecule has 0 aliphatic carbocycles. The van der Waals surface area contributed by atoms with Gasteiger partial charge in [-0.15, -0.1) is 10.2 Å². The summed E-state index contributed by atoms with van der Waals surface area (Å²) in [6.45, 7) is 2.30. The van der Waals surface area contributed by atoms with Crippen molar-refractivity contribution in [2.75, 3.05) is 0 Å². The Balaban J connectivity index is 2.00. The number of nitrogens with zero attached hydrogens (tertiary/aromatic N) is 3. The number of fused-ring (bicyclic) bond motifs is 1. The van der Waals surface area contributed by atoms with E-state index in [0.717, 1.165) is 17.2 Å². The SMILES string of the molecule is Cc1nnc(Cn2ccc3cc(C=O)ccc32)o1. The molecule has 1 aromatic carbocycles. The van der Waals surface area contributed by atoms with Crippen LogP contribution in [0.4, 0.5) is 0 Å². The molecule has 0 radical (unpaired) electrons. The van der Waals surface area contributed by atoms with Crippen molar-refractivity contribution >= 4 is 17.2 Å². The molecule has 0 N–H and O–H groups in total. The first kappa shape index (κ1) is 10.7. The van der Waals surface area contributed by atoms with Crippen LogP contribution in [0.15, 0.2) is 34.9 Å². The molecule has 0 saturated carbocycles. The van der Waals surface area contributed by atoms with E-state index in [2.05, 4.69) is 10.2 Å². The molecule has 3 aromatic rings. The summed E-state index contributed by atoms with van der Waals surface area (Å²) in [5.74, 6) is 1.13. The lowest BCUT2D eigenvalue weighted by atomic mass is 10.2. The van der Waals surface area contributed by atoms with Crippen molar-refractivity contribution < 1.29 is 9.21 Å². The van der Waals surface area contributed by atoms with Crippen LogP contribution in [0, 0.1) is 6.92 Å². The number of hydrogen-bond donors (Lipinski definition) is 0. The summed E-state index contributed by atoms with van der Waals surface area (Å²) in [7, 11) is 0. The van der Waals surface area contributed by atoms with E-state index in [-0.39, 0.29) is 0 Å². The van der Waals surface area contributed by atoms with E-state index in [1.165, 1.54) is 0 Å². The number of carbonyl (C=O) groups excluding carboxylic acids is 1. The molecule has 0 saturated heterocycles. The van der Waals surface area contributed by atoms with Crippen LogP contribution in [-0.2, 0) is 6.54 Å². The van der Waals surface area contributed by atoms with Gasteiger partial charge in [-0.2, -0.15) is 0 Å². The highest BCUT2D eigenvalue weighted by Crippen LogP contribution is 2.18.